The number of rotatable bonds is 19. The van der Waals surface area contributed by atoms with E-state index >= 15 is 0 Å². The maximum absolute atomic E-state index is 14.8. The van der Waals surface area contributed by atoms with E-state index < -0.39 is 121 Å². The van der Waals surface area contributed by atoms with Gasteiger partial charge in [-0.1, -0.05) is 95.6 Å². The van der Waals surface area contributed by atoms with E-state index in [1.807, 2.05) is 13.8 Å². The lowest BCUT2D eigenvalue weighted by atomic mass is 9.99. The third-order valence-electron chi connectivity index (χ3n) is 19.6. The molecule has 15 aromatic rings. The Morgan fingerprint density at radius 3 is 0.961 bits per heavy atom. The number of fused-ring (bicyclic) bond motifs is 3. The number of aromatic carboxylic acids is 1. The minimum Gasteiger partial charge on any atom is -0.477 e. The molecule has 0 saturated carbocycles. The van der Waals surface area contributed by atoms with Crippen molar-refractivity contribution in [1.29, 1.82) is 0 Å². The van der Waals surface area contributed by atoms with E-state index in [9.17, 15) is 83.4 Å². The van der Waals surface area contributed by atoms with Crippen molar-refractivity contribution in [2.24, 2.45) is 0 Å². The van der Waals surface area contributed by atoms with Gasteiger partial charge in [0.2, 0.25) is 0 Å². The van der Waals surface area contributed by atoms with E-state index in [-0.39, 0.29) is 66.5 Å². The van der Waals surface area contributed by atoms with E-state index in [0.29, 0.717) is 82.3 Å². The van der Waals surface area contributed by atoms with Crippen LogP contribution in [0.2, 0.25) is 0 Å². The highest BCUT2D eigenvalue weighted by Crippen LogP contribution is 2.39. The van der Waals surface area contributed by atoms with Crippen LogP contribution in [0.1, 0.15) is 84.4 Å². The number of esters is 4. The Morgan fingerprint density at radius 2 is 0.651 bits per heavy atom. The van der Waals surface area contributed by atoms with Gasteiger partial charge in [-0.2, -0.15) is 0 Å². The number of ether oxygens (including phenoxy) is 4. The van der Waals surface area contributed by atoms with Gasteiger partial charge in [0.25, 0.3) is 16.7 Å². The lowest BCUT2D eigenvalue weighted by Crippen LogP contribution is -2.28. The Balaban J connectivity index is 0.000000156. The number of aryl methyl sites for hydroxylation is 4. The molecule has 2 N–H and O–H groups in total. The summed E-state index contributed by atoms with van der Waals surface area (Å²) in [6.45, 7) is 7.22. The van der Waals surface area contributed by atoms with Gasteiger partial charge in [0.15, 0.2) is 43.9 Å². The normalized spacial score (nSPS) is 10.9. The lowest BCUT2D eigenvalue weighted by Gasteiger charge is -2.16. The summed E-state index contributed by atoms with van der Waals surface area (Å²) in [4.78, 5) is 146. The van der Waals surface area contributed by atoms with Gasteiger partial charge in [0.1, 0.15) is 80.7 Å². The van der Waals surface area contributed by atoms with E-state index in [4.69, 9.17) is 18.9 Å². The second-order valence-corrected chi connectivity index (χ2v) is 30.5. The van der Waals surface area contributed by atoms with Crippen molar-refractivity contribution in [3.63, 3.8) is 0 Å². The van der Waals surface area contributed by atoms with Crippen LogP contribution in [0.5, 0.6) is 0 Å². The van der Waals surface area contributed by atoms with Gasteiger partial charge in [-0.3, -0.25) is 32.9 Å². The first-order valence-electron chi connectivity index (χ1n) is 37.7. The zero-order valence-corrected chi connectivity index (χ0v) is 72.9. The number of aldehydes is 1. The van der Waals surface area contributed by atoms with Crippen molar-refractivity contribution in [3.8, 4) is 62.1 Å². The molecule has 0 spiro atoms. The molecule has 656 valence electrons. The van der Waals surface area contributed by atoms with Crippen molar-refractivity contribution in [2.45, 2.75) is 48.3 Å². The predicted molar refractivity (Wildman–Crippen MR) is 472 cm³/mol. The number of nitrogens with zero attached hydrogens (tertiary/aromatic N) is 11. The molecule has 0 fully saturated rings. The molecule has 0 amide bonds. The topological polar surface area (TPSA) is 341 Å². The highest BCUT2D eigenvalue weighted by molar-refractivity contribution is 7.99. The van der Waals surface area contributed by atoms with E-state index in [1.54, 1.807) is 106 Å². The molecule has 0 aliphatic rings. The van der Waals surface area contributed by atoms with Crippen molar-refractivity contribution >= 4 is 128 Å². The number of para-hydroxylation sites is 4. The summed E-state index contributed by atoms with van der Waals surface area (Å²) in [5, 5.41) is 14.1. The van der Waals surface area contributed by atoms with Crippen molar-refractivity contribution in [3.05, 3.63) is 309 Å². The van der Waals surface area contributed by atoms with E-state index in [1.165, 1.54) is 112 Å². The van der Waals surface area contributed by atoms with Crippen LogP contribution >= 0.6 is 47.0 Å². The first-order valence-corrected chi connectivity index (χ1v) is 42.6. The molecular weight excluding hydrogens is 1770 g/mol. The Bertz CT molecular complexity index is 7000. The first kappa shape index (κ1) is 93.5. The molecule has 26 nitrogen and oxygen atoms in total. The van der Waals surface area contributed by atoms with Crippen LogP contribution in [0.3, 0.4) is 0 Å². The second kappa shape index (κ2) is 40.3. The second-order valence-electron chi connectivity index (χ2n) is 27.4. The molecule has 0 saturated heterocycles. The average molecular weight is 1830 g/mol. The van der Waals surface area contributed by atoms with Crippen molar-refractivity contribution in [1.82, 2.24) is 53.6 Å². The highest BCUT2D eigenvalue weighted by Gasteiger charge is 2.29. The maximum atomic E-state index is 14.8. The van der Waals surface area contributed by atoms with Crippen LogP contribution in [0.15, 0.2) is 211 Å². The number of carboxylic acid groups (broad SMARTS) is 1. The predicted octanol–water partition coefficient (Wildman–Crippen LogP) is 18.1. The molecule has 7 heterocycles. The Morgan fingerprint density at radius 1 is 0.364 bits per heavy atom. The third kappa shape index (κ3) is 19.4. The molecule has 129 heavy (non-hydrogen) atoms. The number of halogens is 8. The molecule has 0 aliphatic heterocycles. The number of methoxy groups -OCH3 is 4. The zero-order chi connectivity index (χ0) is 93.3. The van der Waals surface area contributed by atoms with Gasteiger partial charge in [0, 0.05) is 50.5 Å². The van der Waals surface area contributed by atoms with Gasteiger partial charge in [-0.25, -0.2) is 99.0 Å². The smallest absolute Gasteiger partial charge is 0.341 e. The fourth-order valence-electron chi connectivity index (χ4n) is 13.3. The molecule has 7 aromatic heterocycles. The molecule has 0 radical (unpaired) electrons. The first-order chi connectivity index (χ1) is 61.8. The largest absolute Gasteiger partial charge is 0.477 e. The number of hydrogen-bond donors (Lipinski definition) is 2. The van der Waals surface area contributed by atoms with Crippen LogP contribution in [0, 0.1) is 74.2 Å². The SMILES string of the molecule is COC(=O)c1ccc(C)c(-c2nc(SC)nc(Nc3c(F)cccc3F)c2C=O)c1.COC(=O)c1ccc(C)c(-c2nc(SC)nc3c2cc(C(=O)O)c(=O)n3-c2c(F)cccc2F)c1.COC(=O)c1ccc(C)c(-c2nc(SC)nc3c2ccc(=O)n3-c2c(F)cccc2F)c1.COC(=O)c1ccc(C)c(-c2nc(SC)nc3c2ccc(=O)n3-c2c(F)cccc2F)c1. The maximum Gasteiger partial charge on any atom is 0.341 e. The van der Waals surface area contributed by atoms with Crippen LogP contribution in [-0.2, 0) is 18.9 Å². The fraction of sp³-hybridized carbons (Fsp3) is 0.132. The number of carbonyl (C=O) groups excluding carboxylic acids is 5. The summed E-state index contributed by atoms with van der Waals surface area (Å²) in [6, 6.07) is 39.3. The Labute approximate surface area is 743 Å². The van der Waals surface area contributed by atoms with Crippen LogP contribution < -0.4 is 22.0 Å². The molecule has 0 bridgehead atoms. The summed E-state index contributed by atoms with van der Waals surface area (Å²) < 4.78 is 138. The fourth-order valence-corrected chi connectivity index (χ4v) is 14.8. The Hall–Kier alpha value is -14.6. The Kier molecular flexibility index (Phi) is 29.2. The van der Waals surface area contributed by atoms with Gasteiger partial charge < -0.3 is 29.4 Å². The molecular formula is C91H68F8N12O14S4. The number of aromatic nitrogens is 11. The number of carbonyl (C=O) groups is 6. The number of pyridine rings is 3. The van der Waals surface area contributed by atoms with Crippen LogP contribution in [0.4, 0.5) is 46.6 Å². The molecule has 15 rings (SSSR count). The van der Waals surface area contributed by atoms with Crippen LogP contribution in [-0.4, -0.2) is 148 Å². The quantitative estimate of drug-likeness (QED) is 0.0190. The minimum absolute atomic E-state index is 0.000527. The summed E-state index contributed by atoms with van der Waals surface area (Å²) >= 11 is 4.73. The number of benzene rings is 8. The highest BCUT2D eigenvalue weighted by atomic mass is 32.2. The summed E-state index contributed by atoms with van der Waals surface area (Å²) in [5.74, 6) is -11.2. The third-order valence-corrected chi connectivity index (χ3v) is 21.8. The average Bonchev–Trinajstić information content (AvgIpc) is 0.676. The molecule has 0 atom stereocenters. The lowest BCUT2D eigenvalue weighted by molar-refractivity contribution is 0.0592. The standard InChI is InChI=1S/C24H17F2N3O5S.2C23H17F2N3O3S.C21H17F2N3O3S/c1-11-7-8-12(23(33)34-2)9-13(11)18-14-10-15(22(31)32)21(30)29(20(14)28-24(27-18)35-3)19-16(25)5-4-6-17(19)26;2*1-12-7-8-13(22(30)31-2)11-15(12)19-14-9-10-18(29)28(21(14)27-23(26-19)32-3)20-16(24)5-4-6-17(20)25;1-11-7-8-12(20(28)29-2)9-13(11)17-14(10-27)19(26-21(25-17)30-3)24-18-15(22)5-4-6-16(18)23/h4-10H,1-3H3,(H,31,32);2*4-11H,1-3H3;4-10H,1-3H3,(H,24,25,26). The van der Waals surface area contributed by atoms with E-state index in [2.05, 4.69) is 45.2 Å². The monoisotopic (exact) mass is 1830 g/mol. The summed E-state index contributed by atoms with van der Waals surface area (Å²) in [7, 11) is 5.07. The van der Waals surface area contributed by atoms with Gasteiger partial charge in [-0.05, 0) is 190 Å². The molecule has 0 unspecified atom stereocenters. The number of nitrogens with one attached hydrogen (secondary N) is 1. The van der Waals surface area contributed by atoms with Gasteiger partial charge in [-0.15, -0.1) is 0 Å². The number of anilines is 2. The molecule has 0 aliphatic carbocycles. The molecule has 8 aromatic carbocycles. The summed E-state index contributed by atoms with van der Waals surface area (Å²) in [6.07, 6.45) is 7.39. The van der Waals surface area contributed by atoms with E-state index in [0.717, 1.165) is 98.3 Å². The number of hydrogen-bond acceptors (Lipinski definition) is 26. The number of carboxylic acids is 1. The minimum atomic E-state index is -1.60. The van der Waals surface area contributed by atoms with Crippen molar-refractivity contribution < 1.29 is 87.9 Å². The molecule has 38 heteroatoms. The zero-order valence-electron chi connectivity index (χ0n) is 69.7. The number of thioether (sulfide) groups is 4. The van der Waals surface area contributed by atoms with Gasteiger partial charge >= 0.3 is 29.8 Å². The van der Waals surface area contributed by atoms with Crippen LogP contribution in [0.25, 0.3) is 95.2 Å². The summed E-state index contributed by atoms with van der Waals surface area (Å²) in [5.41, 5.74) is 2.03. The van der Waals surface area contributed by atoms with Crippen molar-refractivity contribution in [2.75, 3.05) is 58.8 Å². The van der Waals surface area contributed by atoms with Gasteiger partial charge in [0.05, 0.1) is 79.0 Å².